The number of anilines is 2. The number of benzene rings is 2. The summed E-state index contributed by atoms with van der Waals surface area (Å²) in [5.74, 6) is 0.486. The highest BCUT2D eigenvalue weighted by Crippen LogP contribution is 2.33. The van der Waals surface area contributed by atoms with Gasteiger partial charge in [0.25, 0.3) is 0 Å². The van der Waals surface area contributed by atoms with Gasteiger partial charge in [0.2, 0.25) is 0 Å². The summed E-state index contributed by atoms with van der Waals surface area (Å²) >= 11 is 12.3. The molecule has 2 aromatic carbocycles. The number of rotatable bonds is 6. The Morgan fingerprint density at radius 2 is 1.80 bits per heavy atom. The van der Waals surface area contributed by atoms with E-state index in [-0.39, 0.29) is 0 Å². The zero-order valence-electron chi connectivity index (χ0n) is 11.7. The van der Waals surface area contributed by atoms with Crippen LogP contribution >= 0.6 is 23.2 Å². The first-order chi connectivity index (χ1) is 9.76. The predicted molar refractivity (Wildman–Crippen MR) is 89.4 cm³/mol. The Kier molecular flexibility index (Phi) is 5.75. The van der Waals surface area contributed by atoms with Crippen molar-refractivity contribution >= 4 is 34.6 Å². The van der Waals surface area contributed by atoms with Gasteiger partial charge in [-0.3, -0.25) is 0 Å². The first-order valence-corrected chi connectivity index (χ1v) is 7.84. The standard InChI is InChI=1S/C17H19Cl2N/c1-2-3-11-20(15-7-5-4-6-8-15)17-10-9-14(13-18)12-16(17)19/h4-10,12H,2-3,11,13H2,1H3. The Hall–Kier alpha value is -1.18. The fourth-order valence-corrected chi connectivity index (χ4v) is 2.64. The van der Waals surface area contributed by atoms with Gasteiger partial charge in [-0.1, -0.05) is 49.2 Å². The molecule has 0 saturated carbocycles. The lowest BCUT2D eigenvalue weighted by molar-refractivity contribution is 0.786. The van der Waals surface area contributed by atoms with E-state index in [0.717, 1.165) is 35.7 Å². The van der Waals surface area contributed by atoms with Crippen LogP contribution < -0.4 is 4.90 Å². The molecule has 0 aliphatic carbocycles. The third kappa shape index (κ3) is 3.68. The summed E-state index contributed by atoms with van der Waals surface area (Å²) in [5, 5.41) is 0.753. The lowest BCUT2D eigenvalue weighted by atomic mass is 10.1. The normalized spacial score (nSPS) is 10.6. The lowest BCUT2D eigenvalue weighted by Gasteiger charge is -2.26. The SMILES string of the molecule is CCCCN(c1ccccc1)c1ccc(CCl)cc1Cl. The predicted octanol–water partition coefficient (Wildman–Crippen LogP) is 6.02. The van der Waals surface area contributed by atoms with Crippen LogP contribution in [-0.2, 0) is 5.88 Å². The highest BCUT2D eigenvalue weighted by molar-refractivity contribution is 6.33. The number of halogens is 2. The smallest absolute Gasteiger partial charge is 0.0646 e. The van der Waals surface area contributed by atoms with Gasteiger partial charge in [-0.15, -0.1) is 11.6 Å². The summed E-state index contributed by atoms with van der Waals surface area (Å²) in [6.07, 6.45) is 2.28. The second kappa shape index (κ2) is 7.56. The van der Waals surface area contributed by atoms with E-state index < -0.39 is 0 Å². The maximum Gasteiger partial charge on any atom is 0.0646 e. The molecule has 0 aliphatic rings. The first-order valence-electron chi connectivity index (χ1n) is 6.93. The van der Waals surface area contributed by atoms with Gasteiger partial charge in [-0.05, 0) is 36.2 Å². The molecule has 0 amide bonds. The molecule has 0 radical (unpaired) electrons. The average Bonchev–Trinajstić information content (AvgIpc) is 2.50. The molecule has 106 valence electrons. The van der Waals surface area contributed by atoms with Crippen LogP contribution in [-0.4, -0.2) is 6.54 Å². The van der Waals surface area contributed by atoms with Gasteiger partial charge in [0.1, 0.15) is 0 Å². The van der Waals surface area contributed by atoms with Crippen LogP contribution in [0.2, 0.25) is 5.02 Å². The summed E-state index contributed by atoms with van der Waals surface area (Å²) in [6.45, 7) is 3.15. The number of unbranched alkanes of at least 4 members (excludes halogenated alkanes) is 1. The Labute approximate surface area is 131 Å². The molecule has 2 aromatic rings. The summed E-state index contributed by atoms with van der Waals surface area (Å²) in [5.41, 5.74) is 3.26. The molecule has 0 N–H and O–H groups in total. The molecule has 0 spiro atoms. The number of hydrogen-bond acceptors (Lipinski definition) is 1. The third-order valence-corrected chi connectivity index (χ3v) is 3.87. The minimum absolute atomic E-state index is 0.486. The number of para-hydroxylation sites is 1. The molecule has 0 bridgehead atoms. The van der Waals surface area contributed by atoms with E-state index in [1.54, 1.807) is 0 Å². The van der Waals surface area contributed by atoms with Crippen molar-refractivity contribution in [3.63, 3.8) is 0 Å². The zero-order valence-corrected chi connectivity index (χ0v) is 13.2. The van der Waals surface area contributed by atoms with Gasteiger partial charge < -0.3 is 4.90 Å². The molecule has 2 rings (SSSR count). The summed E-state index contributed by atoms with van der Waals surface area (Å²) in [6, 6.07) is 16.4. The minimum atomic E-state index is 0.486. The van der Waals surface area contributed by atoms with E-state index in [2.05, 4.69) is 42.2 Å². The minimum Gasteiger partial charge on any atom is -0.340 e. The summed E-state index contributed by atoms with van der Waals surface area (Å²) in [7, 11) is 0. The van der Waals surface area contributed by atoms with Crippen LogP contribution in [0, 0.1) is 0 Å². The van der Waals surface area contributed by atoms with Crippen molar-refractivity contribution in [3.05, 3.63) is 59.1 Å². The fraction of sp³-hybridized carbons (Fsp3) is 0.294. The van der Waals surface area contributed by atoms with Crippen LogP contribution in [0.25, 0.3) is 0 Å². The van der Waals surface area contributed by atoms with E-state index in [9.17, 15) is 0 Å². The summed E-state index contributed by atoms with van der Waals surface area (Å²) in [4.78, 5) is 2.27. The molecular formula is C17H19Cl2N. The van der Waals surface area contributed by atoms with E-state index in [0.29, 0.717) is 5.88 Å². The van der Waals surface area contributed by atoms with E-state index in [4.69, 9.17) is 23.2 Å². The van der Waals surface area contributed by atoms with Crippen LogP contribution in [0.5, 0.6) is 0 Å². The lowest BCUT2D eigenvalue weighted by Crippen LogP contribution is -2.18. The monoisotopic (exact) mass is 307 g/mol. The van der Waals surface area contributed by atoms with Gasteiger partial charge in [0, 0.05) is 18.1 Å². The maximum atomic E-state index is 6.43. The average molecular weight is 308 g/mol. The second-order valence-electron chi connectivity index (χ2n) is 4.76. The molecule has 20 heavy (non-hydrogen) atoms. The van der Waals surface area contributed by atoms with Crippen molar-refractivity contribution in [2.24, 2.45) is 0 Å². The largest absolute Gasteiger partial charge is 0.340 e. The van der Waals surface area contributed by atoms with Crippen LogP contribution in [0.3, 0.4) is 0 Å². The van der Waals surface area contributed by atoms with E-state index >= 15 is 0 Å². The van der Waals surface area contributed by atoms with Crippen LogP contribution in [0.15, 0.2) is 48.5 Å². The number of hydrogen-bond donors (Lipinski definition) is 0. The van der Waals surface area contributed by atoms with Crippen molar-refractivity contribution in [1.29, 1.82) is 0 Å². The van der Waals surface area contributed by atoms with Gasteiger partial charge in [-0.2, -0.15) is 0 Å². The first kappa shape index (κ1) is 15.2. The molecule has 3 heteroatoms. The molecule has 0 saturated heterocycles. The summed E-state index contributed by atoms with van der Waals surface area (Å²) < 4.78 is 0. The molecule has 0 atom stereocenters. The fourth-order valence-electron chi connectivity index (χ4n) is 2.17. The molecule has 0 aliphatic heterocycles. The maximum absolute atomic E-state index is 6.43. The number of alkyl halides is 1. The molecule has 0 heterocycles. The van der Waals surface area contributed by atoms with Gasteiger partial charge in [-0.25, -0.2) is 0 Å². The quantitative estimate of drug-likeness (QED) is 0.590. The molecular weight excluding hydrogens is 289 g/mol. The van der Waals surface area contributed by atoms with E-state index in [1.165, 1.54) is 5.69 Å². The van der Waals surface area contributed by atoms with E-state index in [1.807, 2.05) is 18.2 Å². The Bertz CT molecular complexity index is 540. The Morgan fingerprint density at radius 1 is 1.05 bits per heavy atom. The third-order valence-electron chi connectivity index (χ3n) is 3.26. The highest BCUT2D eigenvalue weighted by Gasteiger charge is 2.12. The number of nitrogens with zero attached hydrogens (tertiary/aromatic N) is 1. The van der Waals surface area contributed by atoms with Crippen molar-refractivity contribution in [1.82, 2.24) is 0 Å². The second-order valence-corrected chi connectivity index (χ2v) is 5.43. The molecule has 1 nitrogen and oxygen atoms in total. The molecule has 0 fully saturated rings. The van der Waals surface area contributed by atoms with Gasteiger partial charge in [0.15, 0.2) is 0 Å². The molecule has 0 unspecified atom stereocenters. The van der Waals surface area contributed by atoms with Crippen molar-refractivity contribution in [2.45, 2.75) is 25.6 Å². The van der Waals surface area contributed by atoms with Crippen molar-refractivity contribution < 1.29 is 0 Å². The zero-order chi connectivity index (χ0) is 14.4. The highest BCUT2D eigenvalue weighted by atomic mass is 35.5. The van der Waals surface area contributed by atoms with Crippen LogP contribution in [0.1, 0.15) is 25.3 Å². The Balaban J connectivity index is 2.36. The molecule has 0 aromatic heterocycles. The van der Waals surface area contributed by atoms with Crippen LogP contribution in [0.4, 0.5) is 11.4 Å². The Morgan fingerprint density at radius 3 is 2.40 bits per heavy atom. The van der Waals surface area contributed by atoms with Crippen molar-refractivity contribution in [3.8, 4) is 0 Å². The van der Waals surface area contributed by atoms with Gasteiger partial charge >= 0.3 is 0 Å². The topological polar surface area (TPSA) is 3.24 Å². The van der Waals surface area contributed by atoms with Crippen molar-refractivity contribution in [2.75, 3.05) is 11.4 Å². The van der Waals surface area contributed by atoms with Gasteiger partial charge in [0.05, 0.1) is 10.7 Å².